The molecule has 0 spiro atoms. The fourth-order valence-corrected chi connectivity index (χ4v) is 5.20. The molecule has 2 heteroatoms. The molecule has 2 nitrogen and oxygen atoms in total. The van der Waals surface area contributed by atoms with Crippen LogP contribution in [0.5, 0.6) is 11.5 Å². The van der Waals surface area contributed by atoms with Gasteiger partial charge in [0, 0.05) is 6.42 Å². The Bertz CT molecular complexity index is 854. The van der Waals surface area contributed by atoms with Crippen molar-refractivity contribution in [3.63, 3.8) is 0 Å². The van der Waals surface area contributed by atoms with Crippen LogP contribution in [0.4, 0.5) is 0 Å². The van der Waals surface area contributed by atoms with Crippen LogP contribution in [-0.2, 0) is 19.3 Å². The fourth-order valence-electron chi connectivity index (χ4n) is 5.20. The second kappa shape index (κ2) is 19.2. The van der Waals surface area contributed by atoms with Gasteiger partial charge >= 0.3 is 0 Å². The van der Waals surface area contributed by atoms with Crippen molar-refractivity contribution in [1.29, 1.82) is 0 Å². The summed E-state index contributed by atoms with van der Waals surface area (Å²) in [4.78, 5) is 0. The molecule has 37 heavy (non-hydrogen) atoms. The van der Waals surface area contributed by atoms with E-state index in [9.17, 15) is 0 Å². The second-order valence-corrected chi connectivity index (χ2v) is 11.2. The molecule has 0 aliphatic rings. The number of hydrogen-bond acceptors (Lipinski definition) is 2. The van der Waals surface area contributed by atoms with Crippen molar-refractivity contribution >= 4 is 0 Å². The molecular formula is C35H56O2. The molecule has 0 amide bonds. The van der Waals surface area contributed by atoms with Crippen LogP contribution in [0.2, 0.25) is 0 Å². The first-order valence-electron chi connectivity index (χ1n) is 15.5. The third-order valence-electron chi connectivity index (χ3n) is 7.35. The molecule has 0 fully saturated rings. The number of ether oxygens (including phenoxy) is 2. The minimum absolute atomic E-state index is 0.165. The van der Waals surface area contributed by atoms with Crippen LogP contribution in [0.1, 0.15) is 140 Å². The first kappa shape index (κ1) is 31.3. The van der Waals surface area contributed by atoms with Crippen LogP contribution < -0.4 is 9.47 Å². The van der Waals surface area contributed by atoms with E-state index in [4.69, 9.17) is 9.47 Å². The van der Waals surface area contributed by atoms with E-state index in [0.717, 1.165) is 30.8 Å². The van der Waals surface area contributed by atoms with E-state index in [1.54, 1.807) is 7.11 Å². The molecule has 208 valence electrons. The topological polar surface area (TPSA) is 18.5 Å². The molecule has 2 aromatic rings. The molecule has 0 atom stereocenters. The van der Waals surface area contributed by atoms with E-state index >= 15 is 0 Å². The Kier molecular flexibility index (Phi) is 16.2. The van der Waals surface area contributed by atoms with E-state index in [1.165, 1.54) is 112 Å². The van der Waals surface area contributed by atoms with E-state index in [2.05, 4.69) is 64.1 Å². The summed E-state index contributed by atoms with van der Waals surface area (Å²) in [6.45, 7) is 8.79. The zero-order chi connectivity index (χ0) is 26.7. The Morgan fingerprint density at radius 2 is 1.00 bits per heavy atom. The number of rotatable bonds is 21. The molecule has 0 unspecified atom stereocenters. The van der Waals surface area contributed by atoms with Gasteiger partial charge in [-0.2, -0.15) is 0 Å². The maximum Gasteiger partial charge on any atom is 0.123 e. The molecule has 0 aliphatic heterocycles. The predicted octanol–water partition coefficient (Wildman–Crippen LogP) is 10.7. The lowest BCUT2D eigenvalue weighted by atomic mass is 9.96. The molecule has 0 bridgehead atoms. The number of benzene rings is 2. The fraction of sp³-hybridized carbons (Fsp3) is 0.657. The zero-order valence-electron chi connectivity index (χ0n) is 24.9. The van der Waals surface area contributed by atoms with Gasteiger partial charge in [0.15, 0.2) is 0 Å². The van der Waals surface area contributed by atoms with Gasteiger partial charge in [0.2, 0.25) is 0 Å². The van der Waals surface area contributed by atoms with E-state index in [1.807, 2.05) is 0 Å². The van der Waals surface area contributed by atoms with Gasteiger partial charge in [-0.05, 0) is 73.9 Å². The standard InChI is InChI=1S/C35H56O2/c1-6-8-10-12-14-16-18-20-30-22-24-34(36-5)32(26-30)28-33-27-31(23-25-35(33)37-29(3)4)21-19-17-15-13-11-9-7-2/h22-27,29H,6-21,28H2,1-5H3. The van der Waals surface area contributed by atoms with Gasteiger partial charge in [-0.15, -0.1) is 0 Å². The summed E-state index contributed by atoms with van der Waals surface area (Å²) < 4.78 is 12.0. The molecule has 0 aromatic heterocycles. The smallest absolute Gasteiger partial charge is 0.123 e. The van der Waals surface area contributed by atoms with Crippen molar-refractivity contribution in [3.05, 3.63) is 58.7 Å². The van der Waals surface area contributed by atoms with E-state index in [0.29, 0.717) is 0 Å². The highest BCUT2D eigenvalue weighted by atomic mass is 16.5. The van der Waals surface area contributed by atoms with Gasteiger partial charge in [0.05, 0.1) is 13.2 Å². The van der Waals surface area contributed by atoms with Gasteiger partial charge in [-0.1, -0.05) is 115 Å². The lowest BCUT2D eigenvalue weighted by Gasteiger charge is -2.17. The lowest BCUT2D eigenvalue weighted by molar-refractivity contribution is 0.240. The van der Waals surface area contributed by atoms with E-state index in [-0.39, 0.29) is 6.10 Å². The number of unbranched alkanes of at least 4 members (excludes halogenated alkanes) is 12. The number of hydrogen-bond donors (Lipinski definition) is 0. The largest absolute Gasteiger partial charge is 0.496 e. The monoisotopic (exact) mass is 508 g/mol. The lowest BCUT2D eigenvalue weighted by Crippen LogP contribution is -2.08. The second-order valence-electron chi connectivity index (χ2n) is 11.2. The summed E-state index contributed by atoms with van der Waals surface area (Å²) in [5.74, 6) is 1.99. The highest BCUT2D eigenvalue weighted by molar-refractivity contribution is 5.46. The van der Waals surface area contributed by atoms with Crippen LogP contribution in [0.25, 0.3) is 0 Å². The number of aryl methyl sites for hydroxylation is 2. The molecule has 0 radical (unpaired) electrons. The highest BCUT2D eigenvalue weighted by Crippen LogP contribution is 2.30. The summed E-state index contributed by atoms with van der Waals surface area (Å²) in [6, 6.07) is 13.6. The number of methoxy groups -OCH3 is 1. The van der Waals surface area contributed by atoms with Crippen LogP contribution in [-0.4, -0.2) is 13.2 Å². The summed E-state index contributed by atoms with van der Waals surface area (Å²) in [7, 11) is 1.79. The Hall–Kier alpha value is -1.96. The van der Waals surface area contributed by atoms with Crippen LogP contribution >= 0.6 is 0 Å². The Morgan fingerprint density at radius 1 is 0.568 bits per heavy atom. The van der Waals surface area contributed by atoms with Crippen molar-refractivity contribution < 1.29 is 9.47 Å². The summed E-state index contributed by atoms with van der Waals surface area (Å²) in [5, 5.41) is 0. The SMILES string of the molecule is CCCCCCCCCc1ccc(OC)c(Cc2cc(CCCCCCCCC)ccc2OC(C)C)c1. The van der Waals surface area contributed by atoms with Gasteiger partial charge < -0.3 is 9.47 Å². The Balaban J connectivity index is 2.03. The Labute approximate surface area is 229 Å². The molecule has 0 saturated carbocycles. The third-order valence-corrected chi connectivity index (χ3v) is 7.35. The average Bonchev–Trinajstić information content (AvgIpc) is 2.89. The van der Waals surface area contributed by atoms with E-state index < -0.39 is 0 Å². The average molecular weight is 509 g/mol. The maximum atomic E-state index is 6.24. The first-order valence-corrected chi connectivity index (χ1v) is 15.5. The molecule has 0 N–H and O–H groups in total. The van der Waals surface area contributed by atoms with Crippen LogP contribution in [0, 0.1) is 0 Å². The third kappa shape index (κ3) is 12.9. The zero-order valence-corrected chi connectivity index (χ0v) is 24.9. The summed E-state index contributed by atoms with van der Waals surface area (Å²) in [5.41, 5.74) is 5.40. The molecule has 2 aromatic carbocycles. The van der Waals surface area contributed by atoms with Gasteiger partial charge in [-0.25, -0.2) is 0 Å². The van der Waals surface area contributed by atoms with Gasteiger partial charge in [0.25, 0.3) is 0 Å². The van der Waals surface area contributed by atoms with Crippen LogP contribution in [0.3, 0.4) is 0 Å². The van der Waals surface area contributed by atoms with Crippen molar-refractivity contribution in [2.24, 2.45) is 0 Å². The van der Waals surface area contributed by atoms with Crippen molar-refractivity contribution in [1.82, 2.24) is 0 Å². The maximum absolute atomic E-state index is 6.24. The Morgan fingerprint density at radius 3 is 1.46 bits per heavy atom. The van der Waals surface area contributed by atoms with Crippen molar-refractivity contribution in [2.45, 2.75) is 143 Å². The molecular weight excluding hydrogens is 452 g/mol. The quantitative estimate of drug-likeness (QED) is 0.156. The minimum atomic E-state index is 0.165. The highest BCUT2D eigenvalue weighted by Gasteiger charge is 2.12. The van der Waals surface area contributed by atoms with Crippen molar-refractivity contribution in [2.75, 3.05) is 7.11 Å². The first-order chi connectivity index (χ1) is 18.1. The molecule has 0 heterocycles. The van der Waals surface area contributed by atoms with Gasteiger partial charge in [0.1, 0.15) is 11.5 Å². The van der Waals surface area contributed by atoms with Gasteiger partial charge in [-0.3, -0.25) is 0 Å². The molecule has 0 aliphatic carbocycles. The normalized spacial score (nSPS) is 11.3. The molecule has 2 rings (SSSR count). The minimum Gasteiger partial charge on any atom is -0.496 e. The van der Waals surface area contributed by atoms with Crippen LogP contribution in [0.15, 0.2) is 36.4 Å². The van der Waals surface area contributed by atoms with Crippen molar-refractivity contribution in [3.8, 4) is 11.5 Å². The molecule has 0 saturated heterocycles. The summed E-state index contributed by atoms with van der Waals surface area (Å²) in [6.07, 6.45) is 22.2. The predicted molar refractivity (Wildman–Crippen MR) is 161 cm³/mol. The summed E-state index contributed by atoms with van der Waals surface area (Å²) >= 11 is 0.